The molecular weight excluding hydrogens is 428 g/mol. The number of hydrogen-bond acceptors (Lipinski definition) is 6. The van der Waals surface area contributed by atoms with E-state index in [4.69, 9.17) is 9.84 Å². The molecule has 1 aliphatic heterocycles. The minimum absolute atomic E-state index is 0.439. The van der Waals surface area contributed by atoms with Gasteiger partial charge in [0.25, 0.3) is 0 Å². The summed E-state index contributed by atoms with van der Waals surface area (Å²) in [6.45, 7) is 2.62. The Kier molecular flexibility index (Phi) is 5.03. The maximum absolute atomic E-state index is 11.1. The molecule has 1 saturated heterocycles. The smallest absolute Gasteiger partial charge is 0.407 e. The van der Waals surface area contributed by atoms with Crippen molar-refractivity contribution in [3.63, 3.8) is 0 Å². The van der Waals surface area contributed by atoms with E-state index in [1.165, 1.54) is 11.2 Å². The first-order valence-electron chi connectivity index (χ1n) is 8.79. The van der Waals surface area contributed by atoms with Crippen LogP contribution in [-0.2, 0) is 6.54 Å². The highest BCUT2D eigenvalue weighted by molar-refractivity contribution is 9.10. The fourth-order valence-corrected chi connectivity index (χ4v) is 3.76. The Balaban J connectivity index is 1.62. The molecule has 0 bridgehead atoms. The van der Waals surface area contributed by atoms with Gasteiger partial charge in [0.05, 0.1) is 13.7 Å². The van der Waals surface area contributed by atoms with Crippen molar-refractivity contribution in [2.24, 2.45) is 0 Å². The van der Waals surface area contributed by atoms with Gasteiger partial charge in [0.1, 0.15) is 12.1 Å². The summed E-state index contributed by atoms with van der Waals surface area (Å²) in [5.41, 5.74) is 2.52. The number of carbonyl (C=O) groups is 1. The predicted molar refractivity (Wildman–Crippen MR) is 107 cm³/mol. The summed E-state index contributed by atoms with van der Waals surface area (Å²) in [5, 5.41) is 9.13. The van der Waals surface area contributed by atoms with Crippen LogP contribution in [0.1, 0.15) is 5.56 Å². The Bertz CT molecular complexity index is 998. The van der Waals surface area contributed by atoms with Crippen LogP contribution in [0.5, 0.6) is 5.75 Å². The number of carboxylic acid groups (broad SMARTS) is 1. The lowest BCUT2D eigenvalue weighted by molar-refractivity contribution is 0.142. The van der Waals surface area contributed by atoms with Crippen molar-refractivity contribution >= 4 is 39.0 Å². The molecule has 9 nitrogen and oxygen atoms in total. The second-order valence-corrected chi connectivity index (χ2v) is 7.15. The van der Waals surface area contributed by atoms with Gasteiger partial charge in [-0.2, -0.15) is 0 Å². The average molecular weight is 447 g/mol. The molecule has 28 heavy (non-hydrogen) atoms. The van der Waals surface area contributed by atoms with Gasteiger partial charge < -0.3 is 19.6 Å². The van der Waals surface area contributed by atoms with Gasteiger partial charge in [-0.3, -0.25) is 4.57 Å². The van der Waals surface area contributed by atoms with Crippen molar-refractivity contribution in [3.8, 4) is 5.75 Å². The zero-order chi connectivity index (χ0) is 19.7. The van der Waals surface area contributed by atoms with Crippen LogP contribution in [0.3, 0.4) is 0 Å². The highest BCUT2D eigenvalue weighted by Crippen LogP contribution is 2.27. The summed E-state index contributed by atoms with van der Waals surface area (Å²) in [6.07, 6.45) is 0.638. The highest BCUT2D eigenvalue weighted by atomic mass is 79.9. The van der Waals surface area contributed by atoms with Gasteiger partial charge in [0, 0.05) is 26.2 Å². The van der Waals surface area contributed by atoms with Crippen molar-refractivity contribution in [3.05, 3.63) is 40.9 Å². The minimum atomic E-state index is -0.890. The van der Waals surface area contributed by atoms with Crippen molar-refractivity contribution < 1.29 is 14.6 Å². The van der Waals surface area contributed by atoms with Gasteiger partial charge in [0.2, 0.25) is 0 Å². The molecule has 0 aliphatic carbocycles. The molecular formula is C18H19BrN6O3. The van der Waals surface area contributed by atoms with Crippen molar-refractivity contribution in [1.82, 2.24) is 24.4 Å². The lowest BCUT2D eigenvalue weighted by Crippen LogP contribution is -2.48. The maximum Gasteiger partial charge on any atom is 0.407 e. The zero-order valence-corrected chi connectivity index (χ0v) is 16.8. The van der Waals surface area contributed by atoms with Gasteiger partial charge in [0.15, 0.2) is 21.7 Å². The van der Waals surface area contributed by atoms with Gasteiger partial charge in [-0.05, 0) is 33.6 Å². The summed E-state index contributed by atoms with van der Waals surface area (Å²) in [4.78, 5) is 28.1. The standard InChI is InChI=1S/C18H19BrN6O3/c1-28-13-4-2-12(3-5-13)10-25-16-14(22-17(25)19)15(20-11-21-16)23-6-8-24(9-7-23)18(26)27/h2-5,11H,6-10H2,1H3,(H,26,27). The topological polar surface area (TPSA) is 96.6 Å². The number of methoxy groups -OCH3 is 1. The van der Waals surface area contributed by atoms with Crippen LogP contribution in [-0.4, -0.2) is 68.9 Å². The molecule has 2 aromatic heterocycles. The molecule has 1 aromatic carbocycles. The van der Waals surface area contributed by atoms with E-state index >= 15 is 0 Å². The number of piperazine rings is 1. The van der Waals surface area contributed by atoms with E-state index in [0.29, 0.717) is 43.0 Å². The molecule has 3 heterocycles. The second kappa shape index (κ2) is 7.63. The van der Waals surface area contributed by atoms with Crippen LogP contribution >= 0.6 is 15.9 Å². The van der Waals surface area contributed by atoms with Crippen molar-refractivity contribution in [2.45, 2.75) is 6.54 Å². The van der Waals surface area contributed by atoms with E-state index in [0.717, 1.165) is 22.8 Å². The van der Waals surface area contributed by atoms with Crippen molar-refractivity contribution in [2.75, 3.05) is 38.2 Å². The maximum atomic E-state index is 11.1. The molecule has 1 fully saturated rings. The molecule has 1 N–H and O–H groups in total. The number of hydrogen-bond donors (Lipinski definition) is 1. The lowest BCUT2D eigenvalue weighted by atomic mass is 10.2. The second-order valence-electron chi connectivity index (χ2n) is 6.44. The first kappa shape index (κ1) is 18.5. The van der Waals surface area contributed by atoms with Crippen LogP contribution in [0, 0.1) is 0 Å². The Morgan fingerprint density at radius 3 is 2.54 bits per heavy atom. The molecule has 4 rings (SSSR count). The number of anilines is 1. The summed E-state index contributed by atoms with van der Waals surface area (Å²) in [5.74, 6) is 1.53. The molecule has 10 heteroatoms. The van der Waals surface area contributed by atoms with Crippen LogP contribution in [0.15, 0.2) is 35.3 Å². The molecule has 1 amide bonds. The predicted octanol–water partition coefficient (Wildman–Crippen LogP) is 2.45. The van der Waals surface area contributed by atoms with Crippen LogP contribution in [0.4, 0.5) is 10.6 Å². The largest absolute Gasteiger partial charge is 0.497 e. The Morgan fingerprint density at radius 1 is 1.18 bits per heavy atom. The average Bonchev–Trinajstić information content (AvgIpc) is 3.04. The van der Waals surface area contributed by atoms with Crippen LogP contribution in [0.2, 0.25) is 0 Å². The molecule has 0 atom stereocenters. The van der Waals surface area contributed by atoms with E-state index in [1.54, 1.807) is 7.11 Å². The quantitative estimate of drug-likeness (QED) is 0.614. The number of amides is 1. The third-order valence-corrected chi connectivity index (χ3v) is 5.42. The molecule has 0 radical (unpaired) electrons. The van der Waals surface area contributed by atoms with E-state index in [2.05, 4.69) is 35.8 Å². The molecule has 3 aromatic rings. The SMILES string of the molecule is COc1ccc(Cn2c(Br)nc3c(N4CCN(C(=O)O)CC4)ncnc32)cc1. The van der Waals surface area contributed by atoms with E-state index in [-0.39, 0.29) is 0 Å². The van der Waals surface area contributed by atoms with Gasteiger partial charge in [-0.1, -0.05) is 12.1 Å². The van der Waals surface area contributed by atoms with E-state index in [9.17, 15) is 4.79 Å². The summed E-state index contributed by atoms with van der Waals surface area (Å²) in [7, 11) is 1.64. The third kappa shape index (κ3) is 3.47. The summed E-state index contributed by atoms with van der Waals surface area (Å²) in [6, 6.07) is 7.85. The monoisotopic (exact) mass is 446 g/mol. The first-order valence-corrected chi connectivity index (χ1v) is 9.58. The Morgan fingerprint density at radius 2 is 1.89 bits per heavy atom. The lowest BCUT2D eigenvalue weighted by Gasteiger charge is -2.33. The number of nitrogens with zero attached hydrogens (tertiary/aromatic N) is 6. The highest BCUT2D eigenvalue weighted by Gasteiger charge is 2.24. The van der Waals surface area contributed by atoms with E-state index in [1.807, 2.05) is 28.8 Å². The molecule has 1 aliphatic rings. The fraction of sp³-hybridized carbons (Fsp3) is 0.333. The molecule has 0 saturated carbocycles. The Labute approximate surface area is 169 Å². The minimum Gasteiger partial charge on any atom is -0.497 e. The van der Waals surface area contributed by atoms with Crippen molar-refractivity contribution in [1.29, 1.82) is 0 Å². The number of imidazole rings is 1. The number of benzene rings is 1. The summed E-state index contributed by atoms with van der Waals surface area (Å²) >= 11 is 3.54. The number of ether oxygens (including phenoxy) is 1. The third-order valence-electron chi connectivity index (χ3n) is 4.82. The number of rotatable bonds is 4. The normalized spacial score (nSPS) is 14.5. The first-order chi connectivity index (χ1) is 13.6. The number of halogens is 1. The molecule has 0 unspecified atom stereocenters. The number of fused-ring (bicyclic) bond motifs is 1. The van der Waals surface area contributed by atoms with Gasteiger partial charge in [-0.25, -0.2) is 19.7 Å². The van der Waals surface area contributed by atoms with E-state index < -0.39 is 6.09 Å². The van der Waals surface area contributed by atoms with Crippen LogP contribution in [0.25, 0.3) is 11.2 Å². The van der Waals surface area contributed by atoms with Crippen LogP contribution < -0.4 is 9.64 Å². The molecule has 0 spiro atoms. The number of aromatic nitrogens is 4. The van der Waals surface area contributed by atoms with Gasteiger partial charge in [-0.15, -0.1) is 0 Å². The Hall–Kier alpha value is -2.88. The molecule has 146 valence electrons. The fourth-order valence-electron chi connectivity index (χ4n) is 3.29. The summed E-state index contributed by atoms with van der Waals surface area (Å²) < 4.78 is 7.86. The van der Waals surface area contributed by atoms with Gasteiger partial charge >= 0.3 is 6.09 Å². The zero-order valence-electron chi connectivity index (χ0n) is 15.2.